The summed E-state index contributed by atoms with van der Waals surface area (Å²) in [6.45, 7) is 1.76. The molecule has 18 heavy (non-hydrogen) atoms. The Labute approximate surface area is 102 Å². The summed E-state index contributed by atoms with van der Waals surface area (Å²) in [7, 11) is 0. The van der Waals surface area contributed by atoms with Gasteiger partial charge in [-0.25, -0.2) is 9.78 Å². The van der Waals surface area contributed by atoms with Crippen molar-refractivity contribution in [3.05, 3.63) is 27.9 Å². The van der Waals surface area contributed by atoms with Gasteiger partial charge < -0.3 is 15.5 Å². The maximum Gasteiger partial charge on any atom is 0.342 e. The maximum atomic E-state index is 10.9. The SMILES string of the molecule is CC(CCO)Nc1cc(C(=O)O)c([N+](=O)[O-])cn1. The Hall–Kier alpha value is -2.22. The van der Waals surface area contributed by atoms with Crippen LogP contribution in [-0.4, -0.2) is 38.7 Å². The number of rotatable bonds is 6. The highest BCUT2D eigenvalue weighted by Gasteiger charge is 2.21. The van der Waals surface area contributed by atoms with Crippen LogP contribution in [0.3, 0.4) is 0 Å². The van der Waals surface area contributed by atoms with E-state index in [4.69, 9.17) is 10.2 Å². The van der Waals surface area contributed by atoms with E-state index in [1.807, 2.05) is 0 Å². The molecule has 0 aliphatic carbocycles. The number of hydrogen-bond acceptors (Lipinski definition) is 6. The third kappa shape index (κ3) is 3.39. The minimum atomic E-state index is -1.39. The summed E-state index contributed by atoms with van der Waals surface area (Å²) in [5, 5.41) is 31.1. The van der Waals surface area contributed by atoms with E-state index in [-0.39, 0.29) is 18.5 Å². The van der Waals surface area contributed by atoms with Gasteiger partial charge in [-0.05, 0) is 13.3 Å². The van der Waals surface area contributed by atoms with Gasteiger partial charge in [-0.1, -0.05) is 0 Å². The van der Waals surface area contributed by atoms with Crippen LogP contribution >= 0.6 is 0 Å². The van der Waals surface area contributed by atoms with Crippen LogP contribution in [0.5, 0.6) is 0 Å². The molecule has 0 bridgehead atoms. The zero-order valence-electron chi connectivity index (χ0n) is 9.66. The van der Waals surface area contributed by atoms with Gasteiger partial charge in [0.15, 0.2) is 0 Å². The predicted molar refractivity (Wildman–Crippen MR) is 62.6 cm³/mol. The minimum absolute atomic E-state index is 0.0209. The number of nitrogens with zero attached hydrogens (tertiary/aromatic N) is 2. The first-order valence-corrected chi connectivity index (χ1v) is 5.20. The zero-order chi connectivity index (χ0) is 13.7. The van der Waals surface area contributed by atoms with Gasteiger partial charge in [0.2, 0.25) is 0 Å². The highest BCUT2D eigenvalue weighted by molar-refractivity contribution is 5.93. The molecule has 98 valence electrons. The van der Waals surface area contributed by atoms with Crippen LogP contribution in [0.2, 0.25) is 0 Å². The molecule has 1 aromatic rings. The Kier molecular flexibility index (Phi) is 4.55. The summed E-state index contributed by atoms with van der Waals surface area (Å²) in [4.78, 5) is 24.5. The van der Waals surface area contributed by atoms with Gasteiger partial charge in [-0.3, -0.25) is 10.1 Å². The molecule has 1 atom stereocenters. The van der Waals surface area contributed by atoms with Crippen molar-refractivity contribution in [2.24, 2.45) is 0 Å². The molecule has 0 saturated carbocycles. The summed E-state index contributed by atoms with van der Waals surface area (Å²) in [5.74, 6) is -1.17. The van der Waals surface area contributed by atoms with Crippen LogP contribution in [0.15, 0.2) is 12.3 Å². The monoisotopic (exact) mass is 255 g/mol. The summed E-state index contributed by atoms with van der Waals surface area (Å²) in [6.07, 6.45) is 1.36. The second-order valence-electron chi connectivity index (χ2n) is 3.71. The quantitative estimate of drug-likeness (QED) is 0.508. The average molecular weight is 255 g/mol. The third-order valence-corrected chi connectivity index (χ3v) is 2.27. The van der Waals surface area contributed by atoms with Crippen LogP contribution < -0.4 is 5.32 Å². The lowest BCUT2D eigenvalue weighted by atomic mass is 10.2. The highest BCUT2D eigenvalue weighted by Crippen LogP contribution is 2.20. The van der Waals surface area contributed by atoms with Crippen molar-refractivity contribution in [3.63, 3.8) is 0 Å². The van der Waals surface area contributed by atoms with E-state index in [1.54, 1.807) is 6.92 Å². The second-order valence-corrected chi connectivity index (χ2v) is 3.71. The molecule has 0 aliphatic rings. The lowest BCUT2D eigenvalue weighted by molar-refractivity contribution is -0.385. The molecule has 0 fully saturated rings. The van der Waals surface area contributed by atoms with Gasteiger partial charge in [-0.2, -0.15) is 0 Å². The summed E-state index contributed by atoms with van der Waals surface area (Å²) in [6, 6.07) is 0.986. The number of carboxylic acid groups (broad SMARTS) is 1. The van der Waals surface area contributed by atoms with Crippen molar-refractivity contribution in [1.82, 2.24) is 4.98 Å². The molecule has 0 saturated heterocycles. The Morgan fingerprint density at radius 1 is 1.67 bits per heavy atom. The number of aliphatic hydroxyl groups excluding tert-OH is 1. The molecule has 1 unspecified atom stereocenters. The number of pyridine rings is 1. The molecule has 3 N–H and O–H groups in total. The first kappa shape index (κ1) is 13.8. The molecule has 8 heteroatoms. The number of nitro groups is 1. The smallest absolute Gasteiger partial charge is 0.342 e. The summed E-state index contributed by atoms with van der Waals surface area (Å²) >= 11 is 0. The number of aromatic nitrogens is 1. The van der Waals surface area contributed by atoms with Crippen molar-refractivity contribution >= 4 is 17.5 Å². The van der Waals surface area contributed by atoms with Crippen LogP contribution in [-0.2, 0) is 0 Å². The number of anilines is 1. The van der Waals surface area contributed by atoms with Gasteiger partial charge in [0.05, 0.1) is 4.92 Å². The number of aliphatic hydroxyl groups is 1. The van der Waals surface area contributed by atoms with Gasteiger partial charge >= 0.3 is 11.7 Å². The Morgan fingerprint density at radius 2 is 2.33 bits per heavy atom. The molecule has 0 amide bonds. The summed E-state index contributed by atoms with van der Waals surface area (Å²) in [5.41, 5.74) is -0.975. The molecule has 0 aromatic carbocycles. The van der Waals surface area contributed by atoms with Crippen LogP contribution in [0.4, 0.5) is 11.5 Å². The van der Waals surface area contributed by atoms with Crippen molar-refractivity contribution < 1.29 is 19.9 Å². The van der Waals surface area contributed by atoms with Crippen molar-refractivity contribution in [2.45, 2.75) is 19.4 Å². The molecular formula is C10H13N3O5. The van der Waals surface area contributed by atoms with E-state index in [0.717, 1.165) is 12.3 Å². The molecule has 1 heterocycles. The number of nitrogens with one attached hydrogen (secondary N) is 1. The Balaban J connectivity index is 3.00. The molecule has 8 nitrogen and oxygen atoms in total. The van der Waals surface area contributed by atoms with Gasteiger partial charge in [0.1, 0.15) is 17.6 Å². The minimum Gasteiger partial charge on any atom is -0.477 e. The fourth-order valence-electron chi connectivity index (χ4n) is 1.36. The van der Waals surface area contributed by atoms with E-state index in [0.29, 0.717) is 6.42 Å². The Bertz CT molecular complexity index is 463. The molecule has 0 spiro atoms. The topological polar surface area (TPSA) is 126 Å². The van der Waals surface area contributed by atoms with Gasteiger partial charge in [0, 0.05) is 18.7 Å². The fourth-order valence-corrected chi connectivity index (χ4v) is 1.36. The van der Waals surface area contributed by atoms with Crippen LogP contribution in [0.1, 0.15) is 23.7 Å². The van der Waals surface area contributed by atoms with E-state index >= 15 is 0 Å². The normalized spacial score (nSPS) is 11.9. The largest absolute Gasteiger partial charge is 0.477 e. The highest BCUT2D eigenvalue weighted by atomic mass is 16.6. The standard InChI is InChI=1S/C10H13N3O5/c1-6(2-3-14)12-9-4-7(10(15)16)8(5-11-9)13(17)18/h4-6,14H,2-3H2,1H3,(H,11,12)(H,15,16). The third-order valence-electron chi connectivity index (χ3n) is 2.27. The average Bonchev–Trinajstić information content (AvgIpc) is 2.28. The van der Waals surface area contributed by atoms with E-state index < -0.39 is 22.1 Å². The zero-order valence-corrected chi connectivity index (χ0v) is 9.66. The first-order chi connectivity index (χ1) is 8.45. The van der Waals surface area contributed by atoms with Crippen LogP contribution in [0, 0.1) is 10.1 Å². The predicted octanol–water partition coefficient (Wildman–Crippen LogP) is 0.871. The molecule has 0 radical (unpaired) electrons. The molecular weight excluding hydrogens is 242 g/mol. The number of aromatic carboxylic acids is 1. The lowest BCUT2D eigenvalue weighted by Gasteiger charge is -2.13. The second kappa shape index (κ2) is 5.92. The molecule has 0 aliphatic heterocycles. The van der Waals surface area contributed by atoms with Crippen LogP contribution in [0.25, 0.3) is 0 Å². The maximum absolute atomic E-state index is 10.9. The lowest BCUT2D eigenvalue weighted by Crippen LogP contribution is -2.18. The van der Waals surface area contributed by atoms with Gasteiger partial charge in [0.25, 0.3) is 0 Å². The van der Waals surface area contributed by atoms with E-state index in [9.17, 15) is 14.9 Å². The first-order valence-electron chi connectivity index (χ1n) is 5.20. The number of carboxylic acids is 1. The van der Waals surface area contributed by atoms with E-state index in [1.165, 1.54) is 0 Å². The van der Waals surface area contributed by atoms with Crippen molar-refractivity contribution in [2.75, 3.05) is 11.9 Å². The molecule has 1 aromatic heterocycles. The molecule has 1 rings (SSSR count). The van der Waals surface area contributed by atoms with Gasteiger partial charge in [-0.15, -0.1) is 0 Å². The number of carbonyl (C=O) groups is 1. The van der Waals surface area contributed by atoms with E-state index in [2.05, 4.69) is 10.3 Å². The fraction of sp³-hybridized carbons (Fsp3) is 0.400. The Morgan fingerprint density at radius 3 is 2.83 bits per heavy atom. The van der Waals surface area contributed by atoms with Crippen molar-refractivity contribution in [3.8, 4) is 0 Å². The summed E-state index contributed by atoms with van der Waals surface area (Å²) < 4.78 is 0. The number of hydrogen-bond donors (Lipinski definition) is 3. The van der Waals surface area contributed by atoms with Crippen molar-refractivity contribution in [1.29, 1.82) is 0 Å².